The van der Waals surface area contributed by atoms with E-state index >= 15 is 0 Å². The lowest BCUT2D eigenvalue weighted by atomic mass is 10.1. The molecule has 0 saturated carbocycles. The first kappa shape index (κ1) is 21.0. The number of methoxy groups -OCH3 is 2. The van der Waals surface area contributed by atoms with Crippen molar-refractivity contribution < 1.29 is 29.3 Å². The van der Waals surface area contributed by atoms with Gasteiger partial charge in [0.2, 0.25) is 0 Å². The molecule has 8 nitrogen and oxygen atoms in total. The zero-order chi connectivity index (χ0) is 20.5. The van der Waals surface area contributed by atoms with Crippen LogP contribution in [0.2, 0.25) is 0 Å². The monoisotopic (exact) mass is 388 g/mol. The number of carboxylic acids is 1. The molecule has 28 heavy (non-hydrogen) atoms. The zero-order valence-corrected chi connectivity index (χ0v) is 15.8. The third-order valence-electron chi connectivity index (χ3n) is 4.15. The SMILES string of the molecule is COc1ccc(OC)c(CN(CCO)C(=O)NCc2ccc(C(=O)O)cc2)c1. The number of urea groups is 1. The fraction of sp³-hybridized carbons (Fsp3) is 0.300. The second kappa shape index (κ2) is 10.2. The number of carbonyl (C=O) groups is 2. The Hall–Kier alpha value is -3.26. The van der Waals surface area contributed by atoms with Gasteiger partial charge in [0.15, 0.2) is 0 Å². The maximum atomic E-state index is 12.6. The van der Waals surface area contributed by atoms with Crippen LogP contribution in [0.3, 0.4) is 0 Å². The lowest BCUT2D eigenvalue weighted by Gasteiger charge is -2.23. The van der Waals surface area contributed by atoms with Gasteiger partial charge in [-0.25, -0.2) is 9.59 Å². The predicted octanol–water partition coefficient (Wildman–Crippen LogP) is 2.11. The minimum absolute atomic E-state index is 0.143. The molecule has 0 heterocycles. The fourth-order valence-electron chi connectivity index (χ4n) is 2.64. The highest BCUT2D eigenvalue weighted by molar-refractivity contribution is 5.87. The average Bonchev–Trinajstić information content (AvgIpc) is 2.71. The van der Waals surface area contributed by atoms with Gasteiger partial charge in [-0.05, 0) is 35.9 Å². The molecule has 2 amide bonds. The average molecular weight is 388 g/mol. The van der Waals surface area contributed by atoms with Crippen LogP contribution in [0.25, 0.3) is 0 Å². The zero-order valence-electron chi connectivity index (χ0n) is 15.8. The van der Waals surface area contributed by atoms with Crippen molar-refractivity contribution in [2.24, 2.45) is 0 Å². The fourth-order valence-corrected chi connectivity index (χ4v) is 2.64. The highest BCUT2D eigenvalue weighted by atomic mass is 16.5. The van der Waals surface area contributed by atoms with Crippen molar-refractivity contribution in [1.82, 2.24) is 10.2 Å². The van der Waals surface area contributed by atoms with E-state index in [2.05, 4.69) is 5.32 Å². The molecule has 0 spiro atoms. The molecular weight excluding hydrogens is 364 g/mol. The van der Waals surface area contributed by atoms with Crippen LogP contribution in [0.4, 0.5) is 4.79 Å². The summed E-state index contributed by atoms with van der Waals surface area (Å²) in [6.45, 7) is 0.414. The Morgan fingerprint density at radius 3 is 2.36 bits per heavy atom. The maximum Gasteiger partial charge on any atom is 0.335 e. The van der Waals surface area contributed by atoms with Gasteiger partial charge < -0.3 is 29.9 Å². The Kier molecular flexibility index (Phi) is 7.65. The number of amides is 2. The van der Waals surface area contributed by atoms with Crippen LogP contribution in [0.15, 0.2) is 42.5 Å². The van der Waals surface area contributed by atoms with Crippen molar-refractivity contribution in [2.45, 2.75) is 13.1 Å². The molecule has 0 fully saturated rings. The van der Waals surface area contributed by atoms with Gasteiger partial charge in [-0.1, -0.05) is 12.1 Å². The van der Waals surface area contributed by atoms with Crippen LogP contribution in [0.5, 0.6) is 11.5 Å². The molecular formula is C20H24N2O6. The number of carboxylic acid groups (broad SMARTS) is 1. The van der Waals surface area contributed by atoms with Gasteiger partial charge in [0.05, 0.1) is 32.9 Å². The number of hydrogen-bond donors (Lipinski definition) is 3. The van der Waals surface area contributed by atoms with Crippen LogP contribution in [-0.4, -0.2) is 54.5 Å². The Labute approximate surface area is 163 Å². The Balaban J connectivity index is 2.06. The number of rotatable bonds is 9. The second-order valence-electron chi connectivity index (χ2n) is 5.98. The lowest BCUT2D eigenvalue weighted by molar-refractivity contribution is 0.0697. The summed E-state index contributed by atoms with van der Waals surface area (Å²) >= 11 is 0. The first-order chi connectivity index (χ1) is 13.5. The second-order valence-corrected chi connectivity index (χ2v) is 5.98. The molecule has 0 aromatic heterocycles. The van der Waals surface area contributed by atoms with Crippen molar-refractivity contribution in [3.63, 3.8) is 0 Å². The van der Waals surface area contributed by atoms with Crippen LogP contribution < -0.4 is 14.8 Å². The molecule has 0 aliphatic rings. The van der Waals surface area contributed by atoms with Crippen molar-refractivity contribution in [3.8, 4) is 11.5 Å². The van der Waals surface area contributed by atoms with Gasteiger partial charge >= 0.3 is 12.0 Å². The Morgan fingerprint density at radius 1 is 1.07 bits per heavy atom. The smallest absolute Gasteiger partial charge is 0.335 e. The third kappa shape index (κ3) is 5.62. The van der Waals surface area contributed by atoms with Crippen LogP contribution >= 0.6 is 0 Å². The number of aliphatic hydroxyl groups is 1. The van der Waals surface area contributed by atoms with Crippen molar-refractivity contribution in [1.29, 1.82) is 0 Å². The van der Waals surface area contributed by atoms with Crippen LogP contribution in [0.1, 0.15) is 21.5 Å². The van der Waals surface area contributed by atoms with Gasteiger partial charge in [0.1, 0.15) is 11.5 Å². The van der Waals surface area contributed by atoms with Crippen LogP contribution in [0, 0.1) is 0 Å². The molecule has 150 valence electrons. The topological polar surface area (TPSA) is 108 Å². The van der Waals surface area contributed by atoms with E-state index in [4.69, 9.17) is 14.6 Å². The summed E-state index contributed by atoms with van der Waals surface area (Å²) in [5.74, 6) is 0.247. The Morgan fingerprint density at radius 2 is 1.79 bits per heavy atom. The number of nitrogens with one attached hydrogen (secondary N) is 1. The molecule has 0 radical (unpaired) electrons. The molecule has 0 bridgehead atoms. The number of aliphatic hydroxyl groups excluding tert-OH is 1. The van der Waals surface area contributed by atoms with E-state index in [-0.39, 0.29) is 37.8 Å². The summed E-state index contributed by atoms with van der Waals surface area (Å²) in [7, 11) is 3.10. The third-order valence-corrected chi connectivity index (χ3v) is 4.15. The van der Waals surface area contributed by atoms with Gasteiger partial charge in [-0.15, -0.1) is 0 Å². The summed E-state index contributed by atoms with van der Waals surface area (Å²) in [6.07, 6.45) is 0. The van der Waals surface area contributed by atoms with E-state index in [1.165, 1.54) is 17.0 Å². The number of hydrogen-bond acceptors (Lipinski definition) is 5. The van der Waals surface area contributed by atoms with E-state index in [9.17, 15) is 14.7 Å². The summed E-state index contributed by atoms with van der Waals surface area (Å²) in [4.78, 5) is 24.9. The standard InChI is InChI=1S/C20H24N2O6/c1-27-17-7-8-18(28-2)16(11-17)13-22(9-10-23)20(26)21-12-14-3-5-15(6-4-14)19(24)25/h3-8,11,23H,9-10,12-13H2,1-2H3,(H,21,26)(H,24,25). The number of aromatic carboxylic acids is 1. The summed E-state index contributed by atoms with van der Waals surface area (Å²) in [5, 5.41) is 21.0. The minimum Gasteiger partial charge on any atom is -0.497 e. The largest absolute Gasteiger partial charge is 0.497 e. The Bertz CT molecular complexity index is 807. The molecule has 0 aliphatic heterocycles. The number of carbonyl (C=O) groups excluding carboxylic acids is 1. The molecule has 0 saturated heterocycles. The number of nitrogens with zero attached hydrogens (tertiary/aromatic N) is 1. The molecule has 2 aromatic rings. The molecule has 2 aromatic carbocycles. The van der Waals surface area contributed by atoms with Gasteiger partial charge in [-0.2, -0.15) is 0 Å². The summed E-state index contributed by atoms with van der Waals surface area (Å²) in [5.41, 5.74) is 1.69. The minimum atomic E-state index is -1.00. The van der Waals surface area contributed by atoms with Crippen molar-refractivity contribution in [2.75, 3.05) is 27.4 Å². The van der Waals surface area contributed by atoms with Gasteiger partial charge in [0, 0.05) is 18.7 Å². The van der Waals surface area contributed by atoms with E-state index < -0.39 is 5.97 Å². The van der Waals surface area contributed by atoms with Gasteiger partial charge in [-0.3, -0.25) is 0 Å². The first-order valence-electron chi connectivity index (χ1n) is 8.65. The highest BCUT2D eigenvalue weighted by Gasteiger charge is 2.16. The molecule has 8 heteroatoms. The first-order valence-corrected chi connectivity index (χ1v) is 8.65. The summed E-state index contributed by atoms with van der Waals surface area (Å²) in [6, 6.07) is 11.2. The maximum absolute atomic E-state index is 12.6. The number of benzene rings is 2. The van der Waals surface area contributed by atoms with Crippen molar-refractivity contribution >= 4 is 12.0 Å². The molecule has 2 rings (SSSR count). The van der Waals surface area contributed by atoms with Crippen molar-refractivity contribution in [3.05, 3.63) is 59.2 Å². The summed E-state index contributed by atoms with van der Waals surface area (Å²) < 4.78 is 10.6. The van der Waals surface area contributed by atoms with E-state index in [1.807, 2.05) is 0 Å². The molecule has 3 N–H and O–H groups in total. The van der Waals surface area contributed by atoms with E-state index in [0.29, 0.717) is 11.5 Å². The van der Waals surface area contributed by atoms with E-state index in [1.54, 1.807) is 44.6 Å². The van der Waals surface area contributed by atoms with Gasteiger partial charge in [0.25, 0.3) is 0 Å². The van der Waals surface area contributed by atoms with E-state index in [0.717, 1.165) is 11.1 Å². The normalized spacial score (nSPS) is 10.2. The lowest BCUT2D eigenvalue weighted by Crippen LogP contribution is -2.40. The quantitative estimate of drug-likeness (QED) is 0.607. The highest BCUT2D eigenvalue weighted by Crippen LogP contribution is 2.25. The molecule has 0 atom stereocenters. The molecule has 0 unspecified atom stereocenters. The molecule has 0 aliphatic carbocycles. The van der Waals surface area contributed by atoms with Crippen LogP contribution in [-0.2, 0) is 13.1 Å². The predicted molar refractivity (Wildman–Crippen MR) is 103 cm³/mol. The number of ether oxygens (including phenoxy) is 2.